The van der Waals surface area contributed by atoms with E-state index in [2.05, 4.69) is 15.3 Å². The van der Waals surface area contributed by atoms with Gasteiger partial charge in [-0.1, -0.05) is 26.0 Å². The molecule has 0 saturated carbocycles. The highest BCUT2D eigenvalue weighted by atomic mass is 19.3. The molecule has 57 heavy (non-hydrogen) atoms. The molecule has 0 bridgehead atoms. The number of carbonyl (C=O) groups is 2. The molecular weight excluding hydrogens is 750 g/mol. The number of carboxylic acids is 1. The lowest BCUT2D eigenvalue weighted by atomic mass is 9.99. The predicted molar refractivity (Wildman–Crippen MR) is 207 cm³/mol. The number of imidazole rings is 1. The van der Waals surface area contributed by atoms with Gasteiger partial charge >= 0.3 is 11.7 Å². The van der Waals surface area contributed by atoms with Gasteiger partial charge in [-0.3, -0.25) is 19.1 Å². The molecule has 3 aromatic heterocycles. The van der Waals surface area contributed by atoms with E-state index in [0.29, 0.717) is 48.5 Å². The Balaban J connectivity index is 0.000000973. The average Bonchev–Trinajstić information content (AvgIpc) is 3.73. The molecule has 0 unspecified atom stereocenters. The van der Waals surface area contributed by atoms with Crippen molar-refractivity contribution < 1.29 is 37.0 Å². The zero-order valence-corrected chi connectivity index (χ0v) is 31.8. The molecular formula is C40H41F4N7O6. The molecule has 4 heterocycles. The number of carbonyl (C=O) groups excluding carboxylic acids is 1. The van der Waals surface area contributed by atoms with E-state index in [-0.39, 0.29) is 39.8 Å². The number of hydrogen-bond acceptors (Lipinski definition) is 8. The Morgan fingerprint density at radius 1 is 0.965 bits per heavy atom. The Hall–Kier alpha value is -6.36. The quantitative estimate of drug-likeness (QED) is 0.189. The fourth-order valence-electron chi connectivity index (χ4n) is 6.52. The zero-order valence-electron chi connectivity index (χ0n) is 31.8. The van der Waals surface area contributed by atoms with Crippen molar-refractivity contribution in [2.75, 3.05) is 31.2 Å². The van der Waals surface area contributed by atoms with Gasteiger partial charge in [0.25, 0.3) is 11.5 Å². The monoisotopic (exact) mass is 791 g/mol. The van der Waals surface area contributed by atoms with Gasteiger partial charge in [0.2, 0.25) is 6.43 Å². The first-order valence-electron chi connectivity index (χ1n) is 18.0. The Kier molecular flexibility index (Phi) is 13.2. The Morgan fingerprint density at radius 2 is 1.67 bits per heavy atom. The normalized spacial score (nSPS) is 13.1. The minimum Gasteiger partial charge on any atom is -0.480 e. The van der Waals surface area contributed by atoms with Crippen molar-refractivity contribution in [3.8, 4) is 11.4 Å². The van der Waals surface area contributed by atoms with Crippen LogP contribution in [0.1, 0.15) is 42.3 Å². The number of rotatable bonds is 8. The molecule has 3 aromatic carbocycles. The summed E-state index contributed by atoms with van der Waals surface area (Å²) in [5.74, 6) is -3.73. The van der Waals surface area contributed by atoms with Gasteiger partial charge in [-0.25, -0.2) is 36.7 Å². The maximum Gasteiger partial charge on any atom is 0.335 e. The van der Waals surface area contributed by atoms with E-state index in [1.165, 1.54) is 65.4 Å². The number of hydrogen-bond donors (Lipinski definition) is 2. The van der Waals surface area contributed by atoms with Crippen LogP contribution in [-0.2, 0) is 23.0 Å². The summed E-state index contributed by atoms with van der Waals surface area (Å²) in [5, 5.41) is 12.9. The number of aliphatic carboxylic acids is 1. The first-order valence-corrected chi connectivity index (χ1v) is 18.0. The number of aryl methyl sites for hydroxylation is 2. The molecule has 2 N–H and O–H groups in total. The standard InChI is InChI=1S/C36H31F2N7O6.C2H4F2.C2H6/c1-20-14-22(43-10-12-51-13-11-43)16-26(38)31(20)33(46)41-27(35(48)49)15-21-5-6-28(32-23(21)4-3-7-40-32)45-34(47)24-17-25(37)30(44-9-8-39-19-44)18-29(24)42(2)36(45)50;1-2(3)4;1-2/h3-9,14,16-19,27H,10-13,15H2,1-2H3,(H,41,46)(H,48,49);2H,1H3;1-2H3/t27-;;/m0../s1. The topological polar surface area (TPSA) is 154 Å². The molecule has 1 amide bonds. The number of halogens is 4. The molecule has 1 aliphatic rings. The van der Waals surface area contributed by atoms with Crippen molar-refractivity contribution in [1.29, 1.82) is 0 Å². The summed E-state index contributed by atoms with van der Waals surface area (Å²) in [5.41, 5.74) is 0.195. The molecule has 17 heteroatoms. The second-order valence-corrected chi connectivity index (χ2v) is 12.7. The van der Waals surface area contributed by atoms with E-state index in [1.807, 2.05) is 18.7 Å². The largest absolute Gasteiger partial charge is 0.480 e. The summed E-state index contributed by atoms with van der Waals surface area (Å²) in [6, 6.07) is 10.1. The molecule has 0 spiro atoms. The molecule has 1 atom stereocenters. The number of nitrogens with zero attached hydrogens (tertiary/aromatic N) is 6. The molecule has 13 nitrogen and oxygen atoms in total. The minimum absolute atomic E-state index is 0.0548. The van der Waals surface area contributed by atoms with Gasteiger partial charge in [0.15, 0.2) is 0 Å². The first kappa shape index (κ1) is 41.8. The van der Waals surface area contributed by atoms with E-state index in [9.17, 15) is 33.1 Å². The highest BCUT2D eigenvalue weighted by Crippen LogP contribution is 2.27. The third-order valence-corrected chi connectivity index (χ3v) is 9.10. The minimum atomic E-state index is -2.17. The lowest BCUT2D eigenvalue weighted by molar-refractivity contribution is -0.139. The summed E-state index contributed by atoms with van der Waals surface area (Å²) in [6.07, 6.45) is 3.45. The molecule has 1 fully saturated rings. The number of morpholine rings is 1. The van der Waals surface area contributed by atoms with Gasteiger partial charge in [0.1, 0.15) is 17.7 Å². The second kappa shape index (κ2) is 18.1. The van der Waals surface area contributed by atoms with E-state index in [4.69, 9.17) is 4.74 Å². The lowest BCUT2D eigenvalue weighted by Crippen LogP contribution is -2.43. The maximum absolute atomic E-state index is 15.4. The lowest BCUT2D eigenvalue weighted by Gasteiger charge is -2.29. The van der Waals surface area contributed by atoms with E-state index in [1.54, 1.807) is 25.1 Å². The van der Waals surface area contributed by atoms with Gasteiger partial charge in [-0.15, -0.1) is 0 Å². The highest BCUT2D eigenvalue weighted by Gasteiger charge is 2.27. The van der Waals surface area contributed by atoms with Crippen LogP contribution in [0.25, 0.3) is 33.2 Å². The molecule has 1 aliphatic heterocycles. The van der Waals surface area contributed by atoms with Gasteiger partial charge in [0, 0.05) is 56.2 Å². The maximum atomic E-state index is 15.4. The molecule has 1 saturated heterocycles. The molecule has 300 valence electrons. The number of fused-ring (bicyclic) bond motifs is 2. The number of amides is 1. The van der Waals surface area contributed by atoms with Gasteiger partial charge in [-0.05, 0) is 61.4 Å². The summed E-state index contributed by atoms with van der Waals surface area (Å²) >= 11 is 0. The van der Waals surface area contributed by atoms with Crippen molar-refractivity contribution in [1.82, 2.24) is 29.0 Å². The number of benzene rings is 3. The summed E-state index contributed by atoms with van der Waals surface area (Å²) in [6.45, 7) is 8.56. The number of alkyl halides is 2. The van der Waals surface area contributed by atoms with Crippen molar-refractivity contribution in [3.63, 3.8) is 0 Å². The summed E-state index contributed by atoms with van der Waals surface area (Å²) in [7, 11) is 1.46. The number of aromatic nitrogens is 5. The number of anilines is 1. The number of carboxylic acid groups (broad SMARTS) is 1. The van der Waals surface area contributed by atoms with Crippen molar-refractivity contribution in [2.45, 2.75) is 46.6 Å². The third kappa shape index (κ3) is 8.88. The smallest absolute Gasteiger partial charge is 0.335 e. The van der Waals surface area contributed by atoms with Gasteiger partial charge in [0.05, 0.1) is 52.9 Å². The summed E-state index contributed by atoms with van der Waals surface area (Å²) in [4.78, 5) is 63.6. The Morgan fingerprint density at radius 3 is 2.30 bits per heavy atom. The van der Waals surface area contributed by atoms with Crippen molar-refractivity contribution >= 4 is 39.4 Å². The first-order chi connectivity index (χ1) is 27.3. The van der Waals surface area contributed by atoms with Crippen LogP contribution in [-0.4, -0.2) is 79.4 Å². The third-order valence-electron chi connectivity index (χ3n) is 9.10. The molecule has 0 radical (unpaired) electrons. The van der Waals surface area contributed by atoms with Crippen LogP contribution in [0.3, 0.4) is 0 Å². The molecule has 7 rings (SSSR count). The predicted octanol–water partition coefficient (Wildman–Crippen LogP) is 5.57. The fourth-order valence-corrected chi connectivity index (χ4v) is 6.52. The van der Waals surface area contributed by atoms with Crippen LogP contribution < -0.4 is 21.5 Å². The van der Waals surface area contributed by atoms with Crippen LogP contribution in [0, 0.1) is 18.6 Å². The number of ether oxygens (including phenoxy) is 1. The van der Waals surface area contributed by atoms with Crippen LogP contribution in [0.15, 0.2) is 83.0 Å². The van der Waals surface area contributed by atoms with Crippen LogP contribution in [0.4, 0.5) is 23.2 Å². The van der Waals surface area contributed by atoms with Crippen molar-refractivity contribution in [3.05, 3.63) is 123 Å². The van der Waals surface area contributed by atoms with Crippen molar-refractivity contribution in [2.24, 2.45) is 7.05 Å². The van der Waals surface area contributed by atoms with Gasteiger partial charge in [-0.2, -0.15) is 0 Å². The Labute approximate surface area is 323 Å². The highest BCUT2D eigenvalue weighted by molar-refractivity contribution is 5.99. The van der Waals surface area contributed by atoms with Crippen LogP contribution >= 0.6 is 0 Å². The van der Waals surface area contributed by atoms with Gasteiger partial charge < -0.3 is 24.6 Å². The summed E-state index contributed by atoms with van der Waals surface area (Å²) < 4.78 is 60.2. The van der Waals surface area contributed by atoms with E-state index in [0.717, 1.165) is 17.6 Å². The Bertz CT molecular complexity index is 2510. The fraction of sp³-hybridized carbons (Fsp3) is 0.300. The SMILES string of the molecule is CC.CC(F)F.Cc1cc(N2CCOCC2)cc(F)c1C(=O)N[C@@H](Cc1ccc(-n2c(=O)c3cc(F)c(-n4ccnc4)cc3n(C)c2=O)c2ncccc12)C(=O)O. The number of pyridine rings is 1. The number of nitrogens with one attached hydrogen (secondary N) is 1. The zero-order chi connectivity index (χ0) is 41.6. The van der Waals surface area contributed by atoms with Crippen LogP contribution in [0.5, 0.6) is 0 Å². The average molecular weight is 792 g/mol. The second-order valence-electron chi connectivity index (χ2n) is 12.7. The van der Waals surface area contributed by atoms with Crippen LogP contribution in [0.2, 0.25) is 0 Å². The molecule has 6 aromatic rings. The van der Waals surface area contributed by atoms with E-state index >= 15 is 8.78 Å². The van der Waals surface area contributed by atoms with E-state index < -0.39 is 47.2 Å². The molecule has 0 aliphatic carbocycles.